The molecule has 1 amide bonds. The van der Waals surface area contributed by atoms with Gasteiger partial charge in [-0.2, -0.15) is 5.10 Å². The number of carbonyl (C=O) groups excluding carboxylic acids is 1. The molecule has 2 aromatic carbocycles. The van der Waals surface area contributed by atoms with E-state index in [1.807, 2.05) is 6.92 Å². The van der Waals surface area contributed by atoms with Crippen LogP contribution < -0.4 is 10.5 Å². The average molecular weight is 473 g/mol. The van der Waals surface area contributed by atoms with Crippen LogP contribution in [-0.4, -0.2) is 24.1 Å². The second-order valence-corrected chi connectivity index (χ2v) is 10.2. The first kappa shape index (κ1) is 22.1. The lowest BCUT2D eigenvalue weighted by Crippen LogP contribution is -2.16. The number of aromatic nitrogens is 2. The summed E-state index contributed by atoms with van der Waals surface area (Å²) in [6, 6.07) is 10.8. The third kappa shape index (κ3) is 4.29. The van der Waals surface area contributed by atoms with Gasteiger partial charge in [0, 0.05) is 11.1 Å². The molecule has 3 N–H and O–H groups in total. The zero-order valence-electron chi connectivity index (χ0n) is 17.6. The number of nitrogens with zero attached hydrogens (tertiary/aromatic N) is 2. The van der Waals surface area contributed by atoms with Crippen LogP contribution in [-0.2, 0) is 16.6 Å². The Labute approximate surface area is 188 Å². The molecule has 0 saturated carbocycles. The molecule has 10 heteroatoms. The highest BCUT2D eigenvalue weighted by atomic mass is 32.2. The number of sulfonamides is 1. The number of fused-ring (bicyclic) bond motifs is 1. The summed E-state index contributed by atoms with van der Waals surface area (Å²) >= 11 is 1.29. The predicted octanol–water partition coefficient (Wildman–Crippen LogP) is 4.11. The number of halogens is 1. The Hall–Kier alpha value is -3.08. The predicted molar refractivity (Wildman–Crippen MR) is 123 cm³/mol. The maximum Gasteiger partial charge on any atom is 0.265 e. The molecule has 0 fully saturated rings. The van der Waals surface area contributed by atoms with E-state index < -0.39 is 10.0 Å². The molecule has 0 saturated heterocycles. The van der Waals surface area contributed by atoms with E-state index in [-0.39, 0.29) is 16.6 Å². The summed E-state index contributed by atoms with van der Waals surface area (Å²) in [5.41, 5.74) is 3.52. The molecule has 4 rings (SSSR count). The van der Waals surface area contributed by atoms with Crippen molar-refractivity contribution in [2.75, 3.05) is 5.32 Å². The van der Waals surface area contributed by atoms with Crippen LogP contribution in [0.5, 0.6) is 0 Å². The standard InChI is InChI=1S/C22H21FN4O3S2/c1-12-8-17(32(24,29)30)9-19(13(12)2)25-21(28)20-10-18-14(3)26-27(22(18)31-20)11-15-4-6-16(23)7-5-15/h4-10H,11H2,1-3H3,(H,25,28)(H2,24,29,30). The van der Waals surface area contributed by atoms with Gasteiger partial charge in [-0.25, -0.2) is 17.9 Å². The summed E-state index contributed by atoms with van der Waals surface area (Å²) in [5, 5.41) is 13.5. The maximum atomic E-state index is 13.2. The van der Waals surface area contributed by atoms with Crippen molar-refractivity contribution in [2.24, 2.45) is 5.14 Å². The molecule has 0 aliphatic carbocycles. The summed E-state index contributed by atoms with van der Waals surface area (Å²) in [6.07, 6.45) is 0. The van der Waals surface area contributed by atoms with E-state index in [0.29, 0.717) is 22.7 Å². The van der Waals surface area contributed by atoms with Crippen molar-refractivity contribution in [1.82, 2.24) is 9.78 Å². The number of thiophene rings is 1. The first-order chi connectivity index (χ1) is 15.0. The fourth-order valence-electron chi connectivity index (χ4n) is 3.40. The fraction of sp³-hybridized carbons (Fsp3) is 0.182. The van der Waals surface area contributed by atoms with Gasteiger partial charge in [0.05, 0.1) is 22.0 Å². The van der Waals surface area contributed by atoms with Crippen LogP contribution in [0.2, 0.25) is 0 Å². The Bertz CT molecular complexity index is 1450. The molecule has 7 nitrogen and oxygen atoms in total. The number of rotatable bonds is 5. The van der Waals surface area contributed by atoms with Crippen molar-refractivity contribution in [2.45, 2.75) is 32.2 Å². The van der Waals surface area contributed by atoms with E-state index in [1.54, 1.807) is 36.7 Å². The lowest BCUT2D eigenvalue weighted by atomic mass is 10.1. The number of carbonyl (C=O) groups is 1. The number of primary sulfonamides is 1. The third-order valence-electron chi connectivity index (χ3n) is 5.29. The van der Waals surface area contributed by atoms with Gasteiger partial charge in [0.1, 0.15) is 10.6 Å². The first-order valence-electron chi connectivity index (χ1n) is 9.69. The number of anilines is 1. The average Bonchev–Trinajstić information content (AvgIpc) is 3.28. The minimum atomic E-state index is -3.90. The molecule has 0 bridgehead atoms. The van der Waals surface area contributed by atoms with Crippen molar-refractivity contribution >= 4 is 43.2 Å². The van der Waals surface area contributed by atoms with Gasteiger partial charge in [0.25, 0.3) is 5.91 Å². The monoisotopic (exact) mass is 472 g/mol. The zero-order valence-corrected chi connectivity index (χ0v) is 19.3. The van der Waals surface area contributed by atoms with Crippen LogP contribution in [0.1, 0.15) is 32.1 Å². The van der Waals surface area contributed by atoms with E-state index in [4.69, 9.17) is 5.14 Å². The van der Waals surface area contributed by atoms with Crippen molar-refractivity contribution in [3.05, 3.63) is 75.5 Å². The van der Waals surface area contributed by atoms with Gasteiger partial charge in [-0.3, -0.25) is 9.48 Å². The summed E-state index contributed by atoms with van der Waals surface area (Å²) in [7, 11) is -3.90. The normalized spacial score (nSPS) is 11.8. The molecule has 4 aromatic rings. The number of hydrogen-bond acceptors (Lipinski definition) is 5. The fourth-order valence-corrected chi connectivity index (χ4v) is 5.08. The van der Waals surface area contributed by atoms with Gasteiger partial charge < -0.3 is 5.32 Å². The molecule has 0 radical (unpaired) electrons. The van der Waals surface area contributed by atoms with E-state index in [1.165, 1.54) is 35.6 Å². The molecule has 2 heterocycles. The Morgan fingerprint density at radius 3 is 2.50 bits per heavy atom. The van der Waals surface area contributed by atoms with Crippen molar-refractivity contribution < 1.29 is 17.6 Å². The number of amides is 1. The van der Waals surface area contributed by atoms with Crippen molar-refractivity contribution in [1.29, 1.82) is 0 Å². The number of nitrogens with two attached hydrogens (primary N) is 1. The Morgan fingerprint density at radius 2 is 1.84 bits per heavy atom. The minimum absolute atomic E-state index is 0.0574. The molecular weight excluding hydrogens is 451 g/mol. The number of nitrogens with one attached hydrogen (secondary N) is 1. The zero-order chi connectivity index (χ0) is 23.2. The summed E-state index contributed by atoms with van der Waals surface area (Å²) in [5.74, 6) is -0.657. The molecule has 0 aliphatic heterocycles. The van der Waals surface area contributed by atoms with Crippen LogP contribution in [0.25, 0.3) is 10.2 Å². The van der Waals surface area contributed by atoms with Crippen molar-refractivity contribution in [3.63, 3.8) is 0 Å². The SMILES string of the molecule is Cc1cc(S(N)(=O)=O)cc(NC(=O)c2cc3c(C)nn(Cc4ccc(F)cc4)c3s2)c1C. The largest absolute Gasteiger partial charge is 0.321 e. The molecular formula is C22H21FN4O3S2. The highest BCUT2D eigenvalue weighted by Gasteiger charge is 2.19. The van der Waals surface area contributed by atoms with E-state index in [9.17, 15) is 17.6 Å². The topological polar surface area (TPSA) is 107 Å². The third-order valence-corrected chi connectivity index (χ3v) is 7.33. The van der Waals surface area contributed by atoms with Gasteiger partial charge in [0.2, 0.25) is 10.0 Å². The van der Waals surface area contributed by atoms with Crippen LogP contribution in [0.15, 0.2) is 47.4 Å². The molecule has 0 aliphatic rings. The van der Waals surface area contributed by atoms with Gasteiger partial charge in [0.15, 0.2) is 0 Å². The second-order valence-electron chi connectivity index (χ2n) is 7.61. The summed E-state index contributed by atoms with van der Waals surface area (Å²) in [4.78, 5) is 14.2. The molecule has 0 spiro atoms. The van der Waals surface area contributed by atoms with Crippen LogP contribution >= 0.6 is 11.3 Å². The van der Waals surface area contributed by atoms with Crippen LogP contribution in [0.4, 0.5) is 10.1 Å². The van der Waals surface area contributed by atoms with Gasteiger partial charge in [-0.1, -0.05) is 12.1 Å². The van der Waals surface area contributed by atoms with Crippen molar-refractivity contribution in [3.8, 4) is 0 Å². The molecule has 166 valence electrons. The second kappa shape index (κ2) is 8.12. The first-order valence-corrected chi connectivity index (χ1v) is 12.1. The number of benzene rings is 2. The van der Waals surface area contributed by atoms with Crippen LogP contribution in [0, 0.1) is 26.6 Å². The Morgan fingerprint density at radius 1 is 1.16 bits per heavy atom. The summed E-state index contributed by atoms with van der Waals surface area (Å²) in [6.45, 7) is 5.86. The lowest BCUT2D eigenvalue weighted by molar-refractivity contribution is 0.103. The molecule has 32 heavy (non-hydrogen) atoms. The Balaban J connectivity index is 1.65. The van der Waals surface area contributed by atoms with Gasteiger partial charge in [-0.15, -0.1) is 11.3 Å². The van der Waals surface area contributed by atoms with Gasteiger partial charge in [-0.05, 0) is 67.8 Å². The van der Waals surface area contributed by atoms with Crippen LogP contribution in [0.3, 0.4) is 0 Å². The highest BCUT2D eigenvalue weighted by Crippen LogP contribution is 2.30. The quantitative estimate of drug-likeness (QED) is 0.456. The van der Waals surface area contributed by atoms with E-state index in [0.717, 1.165) is 27.0 Å². The van der Waals surface area contributed by atoms with E-state index in [2.05, 4.69) is 10.4 Å². The molecule has 0 atom stereocenters. The maximum absolute atomic E-state index is 13.2. The highest BCUT2D eigenvalue weighted by molar-refractivity contribution is 7.89. The van der Waals surface area contributed by atoms with Gasteiger partial charge >= 0.3 is 0 Å². The molecule has 0 unspecified atom stereocenters. The summed E-state index contributed by atoms with van der Waals surface area (Å²) < 4.78 is 38.5. The smallest absolute Gasteiger partial charge is 0.265 e. The molecule has 2 aromatic heterocycles. The lowest BCUT2D eigenvalue weighted by Gasteiger charge is -2.12. The minimum Gasteiger partial charge on any atom is -0.321 e. The number of hydrogen-bond donors (Lipinski definition) is 2. The Kier molecular flexibility index (Phi) is 5.61. The number of aryl methyl sites for hydroxylation is 2. The van der Waals surface area contributed by atoms with E-state index >= 15 is 0 Å².